The van der Waals surface area contributed by atoms with E-state index in [0.717, 1.165) is 19.5 Å². The van der Waals surface area contributed by atoms with E-state index in [4.69, 9.17) is 5.11 Å². The van der Waals surface area contributed by atoms with Crippen LogP contribution in [0, 0.1) is 5.92 Å². The predicted octanol–water partition coefficient (Wildman–Crippen LogP) is 2.10. The molecule has 1 aliphatic heterocycles. The highest BCUT2D eigenvalue weighted by Crippen LogP contribution is 2.29. The summed E-state index contributed by atoms with van der Waals surface area (Å²) < 4.78 is 0. The minimum Gasteiger partial charge on any atom is -0.478 e. The molecule has 3 heteroatoms. The zero-order valence-electron chi connectivity index (χ0n) is 9.44. The number of piperidine rings is 1. The topological polar surface area (TPSA) is 49.3 Å². The summed E-state index contributed by atoms with van der Waals surface area (Å²) in [5, 5.41) is 12.2. The van der Waals surface area contributed by atoms with E-state index in [2.05, 4.69) is 12.2 Å². The number of hydrogen-bond donors (Lipinski definition) is 2. The minimum absolute atomic E-state index is 0.366. The Morgan fingerprint density at radius 1 is 1.38 bits per heavy atom. The third-order valence-electron chi connectivity index (χ3n) is 3.37. The molecule has 1 fully saturated rings. The fraction of sp³-hybridized carbons (Fsp3) is 0.462. The number of carboxylic acids is 1. The Labute approximate surface area is 95.5 Å². The second kappa shape index (κ2) is 4.66. The predicted molar refractivity (Wildman–Crippen MR) is 62.8 cm³/mol. The van der Waals surface area contributed by atoms with Crippen LogP contribution in [0.1, 0.15) is 35.2 Å². The molecular weight excluding hydrogens is 202 g/mol. The Morgan fingerprint density at radius 3 is 2.62 bits per heavy atom. The molecule has 1 aromatic rings. The standard InChI is InChI=1S/C13H17NO2/c1-9-8-14-7-6-12(9)10-2-4-11(5-3-10)13(15)16/h2-5,9,12,14H,6-8H2,1H3,(H,15,16). The normalized spacial score (nSPS) is 25.3. The largest absolute Gasteiger partial charge is 0.478 e. The van der Waals surface area contributed by atoms with Crippen LogP contribution in [0.2, 0.25) is 0 Å². The molecule has 2 N–H and O–H groups in total. The molecule has 0 saturated carbocycles. The van der Waals surface area contributed by atoms with Crippen LogP contribution in [0.3, 0.4) is 0 Å². The molecule has 2 rings (SSSR count). The highest BCUT2D eigenvalue weighted by Gasteiger charge is 2.22. The molecule has 2 unspecified atom stereocenters. The van der Waals surface area contributed by atoms with Crippen LogP contribution in [-0.2, 0) is 0 Å². The van der Waals surface area contributed by atoms with Gasteiger partial charge in [0.05, 0.1) is 5.56 Å². The quantitative estimate of drug-likeness (QED) is 0.800. The van der Waals surface area contributed by atoms with Crippen LogP contribution in [0.15, 0.2) is 24.3 Å². The van der Waals surface area contributed by atoms with Crippen molar-refractivity contribution in [2.45, 2.75) is 19.3 Å². The molecule has 86 valence electrons. The van der Waals surface area contributed by atoms with Crippen molar-refractivity contribution >= 4 is 5.97 Å². The maximum absolute atomic E-state index is 10.7. The van der Waals surface area contributed by atoms with Crippen LogP contribution in [0.5, 0.6) is 0 Å². The van der Waals surface area contributed by atoms with E-state index in [-0.39, 0.29) is 0 Å². The smallest absolute Gasteiger partial charge is 0.335 e. The first-order valence-electron chi connectivity index (χ1n) is 5.72. The van der Waals surface area contributed by atoms with E-state index in [1.165, 1.54) is 5.56 Å². The average Bonchev–Trinajstić information content (AvgIpc) is 2.30. The molecule has 1 aromatic carbocycles. The van der Waals surface area contributed by atoms with Gasteiger partial charge in [-0.2, -0.15) is 0 Å². The van der Waals surface area contributed by atoms with Crippen LogP contribution in [-0.4, -0.2) is 24.2 Å². The second-order valence-electron chi connectivity index (χ2n) is 4.50. The van der Waals surface area contributed by atoms with Crippen LogP contribution >= 0.6 is 0 Å². The van der Waals surface area contributed by atoms with Gasteiger partial charge in [-0.3, -0.25) is 0 Å². The third-order valence-corrected chi connectivity index (χ3v) is 3.37. The van der Waals surface area contributed by atoms with Gasteiger partial charge in [0.2, 0.25) is 0 Å². The van der Waals surface area contributed by atoms with Gasteiger partial charge in [0.1, 0.15) is 0 Å². The van der Waals surface area contributed by atoms with Crippen molar-refractivity contribution in [1.29, 1.82) is 0 Å². The van der Waals surface area contributed by atoms with Gasteiger partial charge in [0.25, 0.3) is 0 Å². The van der Waals surface area contributed by atoms with Crippen molar-refractivity contribution in [2.75, 3.05) is 13.1 Å². The van der Waals surface area contributed by atoms with Crippen molar-refractivity contribution < 1.29 is 9.90 Å². The Morgan fingerprint density at radius 2 is 2.06 bits per heavy atom. The molecule has 1 aliphatic rings. The molecule has 0 bridgehead atoms. The van der Waals surface area contributed by atoms with Gasteiger partial charge >= 0.3 is 5.97 Å². The van der Waals surface area contributed by atoms with E-state index in [9.17, 15) is 4.79 Å². The van der Waals surface area contributed by atoms with Crippen molar-refractivity contribution in [2.24, 2.45) is 5.92 Å². The van der Waals surface area contributed by atoms with Gasteiger partial charge in [0.15, 0.2) is 0 Å². The number of carbonyl (C=O) groups is 1. The van der Waals surface area contributed by atoms with E-state index in [1.807, 2.05) is 12.1 Å². The number of hydrogen-bond acceptors (Lipinski definition) is 2. The lowest BCUT2D eigenvalue weighted by atomic mass is 9.82. The number of nitrogens with one attached hydrogen (secondary N) is 1. The van der Waals surface area contributed by atoms with Crippen LogP contribution in [0.4, 0.5) is 0 Å². The first-order chi connectivity index (χ1) is 7.68. The number of rotatable bonds is 2. The first kappa shape index (κ1) is 11.1. The Bertz CT molecular complexity index is 372. The lowest BCUT2D eigenvalue weighted by Gasteiger charge is -2.29. The van der Waals surface area contributed by atoms with Crippen molar-refractivity contribution in [3.63, 3.8) is 0 Å². The molecule has 0 spiro atoms. The van der Waals surface area contributed by atoms with Gasteiger partial charge < -0.3 is 10.4 Å². The van der Waals surface area contributed by atoms with E-state index >= 15 is 0 Å². The van der Waals surface area contributed by atoms with Crippen molar-refractivity contribution in [1.82, 2.24) is 5.32 Å². The molecular formula is C13H17NO2. The average molecular weight is 219 g/mol. The summed E-state index contributed by atoms with van der Waals surface area (Å²) in [5.41, 5.74) is 1.63. The Kier molecular flexibility index (Phi) is 3.25. The number of benzene rings is 1. The van der Waals surface area contributed by atoms with Gasteiger partial charge in [-0.15, -0.1) is 0 Å². The molecule has 0 radical (unpaired) electrons. The summed E-state index contributed by atoms with van der Waals surface area (Å²) in [6.07, 6.45) is 1.13. The maximum Gasteiger partial charge on any atom is 0.335 e. The summed E-state index contributed by atoms with van der Waals surface area (Å²) >= 11 is 0. The summed E-state index contributed by atoms with van der Waals surface area (Å²) in [7, 11) is 0. The number of carboxylic acid groups (broad SMARTS) is 1. The van der Waals surface area contributed by atoms with Gasteiger partial charge in [-0.05, 0) is 49.0 Å². The molecule has 0 amide bonds. The van der Waals surface area contributed by atoms with Crippen molar-refractivity contribution in [3.05, 3.63) is 35.4 Å². The molecule has 1 saturated heterocycles. The van der Waals surface area contributed by atoms with Crippen LogP contribution in [0.25, 0.3) is 0 Å². The molecule has 0 aliphatic carbocycles. The third kappa shape index (κ3) is 2.25. The highest BCUT2D eigenvalue weighted by molar-refractivity contribution is 5.87. The summed E-state index contributed by atoms with van der Waals surface area (Å²) in [6, 6.07) is 7.31. The van der Waals surface area contributed by atoms with Crippen molar-refractivity contribution in [3.8, 4) is 0 Å². The Hall–Kier alpha value is -1.35. The second-order valence-corrected chi connectivity index (χ2v) is 4.50. The van der Waals surface area contributed by atoms with Gasteiger partial charge in [-0.1, -0.05) is 19.1 Å². The number of aromatic carboxylic acids is 1. The minimum atomic E-state index is -0.857. The van der Waals surface area contributed by atoms with Gasteiger partial charge in [0, 0.05) is 0 Å². The molecule has 16 heavy (non-hydrogen) atoms. The summed E-state index contributed by atoms with van der Waals surface area (Å²) in [5.74, 6) is 0.318. The fourth-order valence-corrected chi connectivity index (χ4v) is 2.38. The highest BCUT2D eigenvalue weighted by atomic mass is 16.4. The maximum atomic E-state index is 10.7. The zero-order chi connectivity index (χ0) is 11.5. The first-order valence-corrected chi connectivity index (χ1v) is 5.72. The fourth-order valence-electron chi connectivity index (χ4n) is 2.38. The van der Waals surface area contributed by atoms with Gasteiger partial charge in [-0.25, -0.2) is 4.79 Å². The molecule has 0 aromatic heterocycles. The van der Waals surface area contributed by atoms with E-state index in [0.29, 0.717) is 17.4 Å². The summed E-state index contributed by atoms with van der Waals surface area (Å²) in [4.78, 5) is 10.7. The molecule has 1 heterocycles. The van der Waals surface area contributed by atoms with E-state index in [1.54, 1.807) is 12.1 Å². The molecule has 3 nitrogen and oxygen atoms in total. The molecule has 2 atom stereocenters. The lowest BCUT2D eigenvalue weighted by Crippen LogP contribution is -2.33. The summed E-state index contributed by atoms with van der Waals surface area (Å²) in [6.45, 7) is 4.34. The van der Waals surface area contributed by atoms with E-state index < -0.39 is 5.97 Å². The Balaban J connectivity index is 2.17. The lowest BCUT2D eigenvalue weighted by molar-refractivity contribution is 0.0697. The van der Waals surface area contributed by atoms with Crippen LogP contribution < -0.4 is 5.32 Å². The SMILES string of the molecule is CC1CNCCC1c1ccc(C(=O)O)cc1. The zero-order valence-corrected chi connectivity index (χ0v) is 9.44. The monoisotopic (exact) mass is 219 g/mol.